The summed E-state index contributed by atoms with van der Waals surface area (Å²) in [6.45, 7) is 1.77. The van der Waals surface area contributed by atoms with Crippen molar-refractivity contribution in [1.29, 1.82) is 0 Å². The Morgan fingerprint density at radius 3 is 2.75 bits per heavy atom. The van der Waals surface area contributed by atoms with E-state index in [1.54, 1.807) is 36.5 Å². The van der Waals surface area contributed by atoms with Gasteiger partial charge in [0.25, 0.3) is 0 Å². The molecule has 0 saturated carbocycles. The average molecular weight is 492 g/mol. The van der Waals surface area contributed by atoms with E-state index in [0.29, 0.717) is 41.2 Å². The molecule has 0 spiro atoms. The quantitative estimate of drug-likeness (QED) is 0.338. The molecule has 2 aromatic carbocycles. The summed E-state index contributed by atoms with van der Waals surface area (Å²) in [7, 11) is 0. The van der Waals surface area contributed by atoms with Gasteiger partial charge in [0.05, 0.1) is 12.7 Å². The Balaban J connectivity index is 1.39. The summed E-state index contributed by atoms with van der Waals surface area (Å²) in [5.74, 6) is -0.225. The van der Waals surface area contributed by atoms with Crippen LogP contribution >= 0.6 is 0 Å². The third-order valence-electron chi connectivity index (χ3n) is 6.37. The second-order valence-corrected chi connectivity index (χ2v) is 8.94. The zero-order valence-electron chi connectivity index (χ0n) is 19.6. The summed E-state index contributed by atoms with van der Waals surface area (Å²) in [4.78, 5) is 9.88. The van der Waals surface area contributed by atoms with Gasteiger partial charge in [0.15, 0.2) is 0 Å². The lowest BCUT2D eigenvalue weighted by molar-refractivity contribution is 0.0623. The van der Waals surface area contributed by atoms with Gasteiger partial charge < -0.3 is 19.9 Å². The van der Waals surface area contributed by atoms with Crippen LogP contribution in [0, 0.1) is 11.6 Å². The first-order valence-corrected chi connectivity index (χ1v) is 11.9. The van der Waals surface area contributed by atoms with Gasteiger partial charge >= 0.3 is 0 Å². The molecule has 0 saturated heterocycles. The Hall–Kier alpha value is -3.59. The highest BCUT2D eigenvalue weighted by Crippen LogP contribution is 2.34. The van der Waals surface area contributed by atoms with Crippen LogP contribution < -0.4 is 4.74 Å². The fourth-order valence-electron chi connectivity index (χ4n) is 4.51. The van der Waals surface area contributed by atoms with Crippen LogP contribution in [0.2, 0.25) is 0 Å². The van der Waals surface area contributed by atoms with Gasteiger partial charge in [0.1, 0.15) is 29.6 Å². The molecule has 4 aromatic rings. The number of hydrogen-bond donors (Lipinski definition) is 3. The molecule has 5 rings (SSSR count). The van der Waals surface area contributed by atoms with Crippen LogP contribution in [-0.2, 0) is 6.61 Å². The van der Waals surface area contributed by atoms with Crippen molar-refractivity contribution in [2.24, 2.45) is 0 Å². The number of β-amino-alcohol motifs (C(OH)–C–C–N with tert-alkyl or cyclic N) is 1. The Morgan fingerprint density at radius 2 is 1.97 bits per heavy atom. The van der Waals surface area contributed by atoms with Gasteiger partial charge in [-0.2, -0.15) is 0 Å². The molecule has 1 unspecified atom stereocenters. The normalized spacial score (nSPS) is 15.2. The van der Waals surface area contributed by atoms with Crippen LogP contribution in [-0.4, -0.2) is 57.4 Å². The minimum atomic E-state index is -0.747. The maximum Gasteiger partial charge on any atom is 0.138 e. The molecule has 0 radical (unpaired) electrons. The van der Waals surface area contributed by atoms with E-state index in [-0.39, 0.29) is 24.8 Å². The van der Waals surface area contributed by atoms with Gasteiger partial charge in [-0.3, -0.25) is 4.90 Å². The van der Waals surface area contributed by atoms with Gasteiger partial charge in [-0.05, 0) is 65.6 Å². The predicted octanol–water partition coefficient (Wildman–Crippen LogP) is 4.53. The largest absolute Gasteiger partial charge is 0.489 e. The first-order valence-electron chi connectivity index (χ1n) is 11.9. The lowest BCUT2D eigenvalue weighted by atomic mass is 10.0. The number of halogens is 2. The highest BCUT2D eigenvalue weighted by molar-refractivity contribution is 5.95. The Morgan fingerprint density at radius 1 is 1.08 bits per heavy atom. The molecule has 2 aromatic heterocycles. The third kappa shape index (κ3) is 5.31. The SMILES string of the molecule is OCC(O)CN1CC=C(c2cc3c(-c4cc(OCc5cccc(F)c5)ccc4F)ccnc3[nH]2)CC1. The molecule has 1 aliphatic heterocycles. The van der Waals surface area contributed by atoms with Crippen molar-refractivity contribution in [3.8, 4) is 16.9 Å². The molecule has 36 heavy (non-hydrogen) atoms. The number of H-pyrrole nitrogens is 1. The molecule has 0 bridgehead atoms. The molecule has 6 nitrogen and oxygen atoms in total. The monoisotopic (exact) mass is 491 g/mol. The summed E-state index contributed by atoms with van der Waals surface area (Å²) in [6, 6.07) is 14.5. The van der Waals surface area contributed by atoms with Crippen LogP contribution in [0.1, 0.15) is 17.7 Å². The van der Waals surface area contributed by atoms with E-state index in [1.165, 1.54) is 18.2 Å². The van der Waals surface area contributed by atoms with Gasteiger partial charge in [-0.15, -0.1) is 0 Å². The second kappa shape index (κ2) is 10.6. The van der Waals surface area contributed by atoms with E-state index in [2.05, 4.69) is 20.9 Å². The Labute approximate surface area is 207 Å². The maximum atomic E-state index is 14.9. The zero-order valence-corrected chi connectivity index (χ0v) is 19.6. The second-order valence-electron chi connectivity index (χ2n) is 8.94. The lowest BCUT2D eigenvalue weighted by Crippen LogP contribution is -2.37. The van der Waals surface area contributed by atoms with Gasteiger partial charge in [-0.1, -0.05) is 18.2 Å². The molecular formula is C28H27F2N3O3. The highest BCUT2D eigenvalue weighted by Gasteiger charge is 2.19. The summed E-state index contributed by atoms with van der Waals surface area (Å²) >= 11 is 0. The standard InChI is InChI=1S/C28H27F2N3O3/c29-20-3-1-2-18(12-20)17-36-22-4-5-26(30)24(13-22)23-6-9-31-28-25(23)14-27(32-28)19-7-10-33(11-8-19)15-21(35)16-34/h1-7,9,12-14,21,34-35H,8,10-11,15-17H2,(H,31,32). The van der Waals surface area contributed by atoms with Crippen molar-refractivity contribution in [2.45, 2.75) is 19.1 Å². The number of aromatic amines is 1. The van der Waals surface area contributed by atoms with E-state index in [4.69, 9.17) is 9.84 Å². The van der Waals surface area contributed by atoms with Crippen molar-refractivity contribution in [2.75, 3.05) is 26.2 Å². The summed E-state index contributed by atoms with van der Waals surface area (Å²) in [5, 5.41) is 19.6. The van der Waals surface area contributed by atoms with Gasteiger partial charge in [0, 0.05) is 42.5 Å². The van der Waals surface area contributed by atoms with Crippen LogP contribution in [0.4, 0.5) is 8.78 Å². The van der Waals surface area contributed by atoms with Crippen LogP contribution in [0.5, 0.6) is 5.75 Å². The smallest absolute Gasteiger partial charge is 0.138 e. The third-order valence-corrected chi connectivity index (χ3v) is 6.37. The van der Waals surface area contributed by atoms with Gasteiger partial charge in [0.2, 0.25) is 0 Å². The van der Waals surface area contributed by atoms with E-state index >= 15 is 0 Å². The van der Waals surface area contributed by atoms with Crippen LogP contribution in [0.15, 0.2) is 66.9 Å². The Bertz CT molecular complexity index is 1400. The minimum Gasteiger partial charge on any atom is -0.489 e. The van der Waals surface area contributed by atoms with E-state index in [1.807, 2.05) is 6.07 Å². The van der Waals surface area contributed by atoms with Crippen molar-refractivity contribution in [1.82, 2.24) is 14.9 Å². The minimum absolute atomic E-state index is 0.170. The van der Waals surface area contributed by atoms with E-state index in [9.17, 15) is 13.9 Å². The number of aliphatic hydroxyl groups excluding tert-OH is 2. The van der Waals surface area contributed by atoms with Crippen molar-refractivity contribution >= 4 is 16.6 Å². The summed E-state index contributed by atoms with van der Waals surface area (Å²) in [5.41, 5.74) is 4.49. The molecule has 0 aliphatic carbocycles. The number of nitrogens with one attached hydrogen (secondary N) is 1. The Kier molecular flexibility index (Phi) is 7.09. The molecule has 8 heteroatoms. The van der Waals surface area contributed by atoms with E-state index < -0.39 is 6.10 Å². The number of fused-ring (bicyclic) bond motifs is 1. The topological polar surface area (TPSA) is 81.6 Å². The first-order chi connectivity index (χ1) is 17.5. The number of ether oxygens (including phenoxy) is 1. The summed E-state index contributed by atoms with van der Waals surface area (Å²) < 4.78 is 34.2. The predicted molar refractivity (Wildman–Crippen MR) is 134 cm³/mol. The van der Waals surface area contributed by atoms with Crippen molar-refractivity contribution in [3.05, 3.63) is 89.8 Å². The molecule has 186 valence electrons. The molecule has 0 amide bonds. The molecule has 1 atom stereocenters. The van der Waals surface area contributed by atoms with Crippen LogP contribution in [0.25, 0.3) is 27.7 Å². The molecule has 0 fully saturated rings. The molecule has 3 N–H and O–H groups in total. The first kappa shape index (κ1) is 24.1. The van der Waals surface area contributed by atoms with Gasteiger partial charge in [-0.25, -0.2) is 13.8 Å². The summed E-state index contributed by atoms with van der Waals surface area (Å²) in [6.07, 6.45) is 3.77. The van der Waals surface area contributed by atoms with Crippen molar-refractivity contribution < 1.29 is 23.7 Å². The maximum absolute atomic E-state index is 14.9. The number of nitrogens with zero attached hydrogens (tertiary/aromatic N) is 2. The fraction of sp³-hybridized carbons (Fsp3) is 0.250. The zero-order chi connectivity index (χ0) is 25.1. The van der Waals surface area contributed by atoms with Crippen LogP contribution in [0.3, 0.4) is 0 Å². The number of pyridine rings is 1. The number of rotatable bonds is 8. The highest BCUT2D eigenvalue weighted by atomic mass is 19.1. The lowest BCUT2D eigenvalue weighted by Gasteiger charge is -2.27. The number of hydrogen-bond acceptors (Lipinski definition) is 5. The van der Waals surface area contributed by atoms with Crippen molar-refractivity contribution in [3.63, 3.8) is 0 Å². The average Bonchev–Trinajstić information content (AvgIpc) is 3.33. The molecular weight excluding hydrogens is 464 g/mol. The number of benzene rings is 2. The fourth-order valence-corrected chi connectivity index (χ4v) is 4.51. The molecule has 3 heterocycles. The number of aliphatic hydroxyl groups is 2. The van der Waals surface area contributed by atoms with E-state index in [0.717, 1.165) is 29.6 Å². The number of aromatic nitrogens is 2. The molecule has 1 aliphatic rings.